The summed E-state index contributed by atoms with van der Waals surface area (Å²) in [4.78, 5) is 25.0. The fraction of sp³-hybridized carbons (Fsp3) is 0.100. The fourth-order valence-electron chi connectivity index (χ4n) is 0.929. The third-order valence-electron chi connectivity index (χ3n) is 1.64. The van der Waals surface area contributed by atoms with Crippen LogP contribution >= 0.6 is 34.8 Å². The Labute approximate surface area is 112 Å². The molecule has 17 heavy (non-hydrogen) atoms. The lowest BCUT2D eigenvalue weighted by atomic mass is 10.1. The zero-order chi connectivity index (χ0) is 12.8. The Kier molecular flexibility index (Phi) is 5.41. The van der Waals surface area contributed by atoms with Crippen molar-refractivity contribution in [1.29, 1.82) is 0 Å². The second-order valence-corrected chi connectivity index (χ2v) is 4.23. The van der Waals surface area contributed by atoms with Gasteiger partial charge in [-0.05, 0) is 11.6 Å². The molecule has 0 heterocycles. The largest absolute Gasteiger partial charge is 0.367 e. The molecule has 0 unspecified atom stereocenters. The highest BCUT2D eigenvalue weighted by Crippen LogP contribution is 2.08. The van der Waals surface area contributed by atoms with Crippen molar-refractivity contribution in [3.05, 3.63) is 35.9 Å². The summed E-state index contributed by atoms with van der Waals surface area (Å²) in [6.07, 6.45) is 0. The minimum Gasteiger partial charge on any atom is -0.314 e. The van der Waals surface area contributed by atoms with Gasteiger partial charge < -0.3 is 4.84 Å². The molecule has 1 aromatic rings. The lowest BCUT2D eigenvalue weighted by Gasteiger charge is -2.01. The van der Waals surface area contributed by atoms with E-state index in [1.807, 2.05) is 0 Å². The van der Waals surface area contributed by atoms with Crippen LogP contribution < -0.4 is 0 Å². The Balaban J connectivity index is 2.92. The molecule has 0 saturated heterocycles. The van der Waals surface area contributed by atoms with E-state index in [9.17, 15) is 9.59 Å². The highest BCUT2D eigenvalue weighted by molar-refractivity contribution is 6.84. The van der Waals surface area contributed by atoms with Crippen molar-refractivity contribution in [3.8, 4) is 0 Å². The Hall–Kier alpha value is -1.10. The van der Waals surface area contributed by atoms with Crippen molar-refractivity contribution in [3.63, 3.8) is 0 Å². The summed E-state index contributed by atoms with van der Waals surface area (Å²) in [6.45, 7) is 0. The van der Waals surface area contributed by atoms with Gasteiger partial charge in [0.25, 0.3) is 5.24 Å². The van der Waals surface area contributed by atoms with Crippen molar-refractivity contribution < 1.29 is 14.4 Å². The van der Waals surface area contributed by atoms with Gasteiger partial charge in [0.2, 0.25) is 4.84 Å². The van der Waals surface area contributed by atoms with Gasteiger partial charge in [0.15, 0.2) is 5.71 Å². The molecule has 0 fully saturated rings. The molecule has 4 nitrogen and oxygen atoms in total. The van der Waals surface area contributed by atoms with Crippen LogP contribution in [0.15, 0.2) is 35.5 Å². The number of benzene rings is 1. The van der Waals surface area contributed by atoms with Crippen molar-refractivity contribution in [1.82, 2.24) is 0 Å². The van der Waals surface area contributed by atoms with Crippen LogP contribution in [0, 0.1) is 0 Å². The first-order valence-electron chi connectivity index (χ1n) is 4.34. The molecule has 7 heteroatoms. The predicted octanol–water partition coefficient (Wildman–Crippen LogP) is 2.50. The van der Waals surface area contributed by atoms with Crippen LogP contribution in [0.3, 0.4) is 0 Å². The summed E-state index contributed by atoms with van der Waals surface area (Å²) in [5.74, 6) is -0.986. The standard InChI is InChI=1S/C10H6Cl3NO3/c11-8(12)10(16)17-14-7(9(13)15)6-4-2-1-3-5-6/h1-5,8H/b14-7+. The van der Waals surface area contributed by atoms with Crippen LogP contribution in [-0.2, 0) is 14.4 Å². The zero-order valence-electron chi connectivity index (χ0n) is 8.27. The Morgan fingerprint density at radius 2 is 1.76 bits per heavy atom. The third-order valence-corrected chi connectivity index (χ3v) is 2.17. The molecule has 0 amide bonds. The van der Waals surface area contributed by atoms with Gasteiger partial charge in [0.1, 0.15) is 0 Å². The number of hydrogen-bond acceptors (Lipinski definition) is 4. The number of carbonyl (C=O) groups is 2. The maximum absolute atomic E-state index is 11.1. The molecule has 0 aliphatic heterocycles. The molecular formula is C10H6Cl3NO3. The molecule has 0 aliphatic rings. The monoisotopic (exact) mass is 293 g/mol. The maximum atomic E-state index is 11.1. The predicted molar refractivity (Wildman–Crippen MR) is 65.4 cm³/mol. The first kappa shape index (κ1) is 14.0. The van der Waals surface area contributed by atoms with Crippen LogP contribution in [0.1, 0.15) is 5.56 Å². The zero-order valence-corrected chi connectivity index (χ0v) is 10.5. The van der Waals surface area contributed by atoms with Crippen molar-refractivity contribution in [2.45, 2.75) is 4.84 Å². The van der Waals surface area contributed by atoms with Gasteiger partial charge in [-0.25, -0.2) is 4.79 Å². The SMILES string of the molecule is O=C(Cl)/C(=N/OC(=O)C(Cl)Cl)c1ccccc1. The van der Waals surface area contributed by atoms with E-state index in [-0.39, 0.29) is 5.71 Å². The fourth-order valence-corrected chi connectivity index (χ4v) is 1.15. The highest BCUT2D eigenvalue weighted by Gasteiger charge is 2.16. The molecule has 1 aromatic carbocycles. The van der Waals surface area contributed by atoms with Crippen LogP contribution in [0.5, 0.6) is 0 Å². The number of halogens is 3. The minimum absolute atomic E-state index is 0.199. The smallest absolute Gasteiger partial charge is 0.314 e. The van der Waals surface area contributed by atoms with E-state index in [1.54, 1.807) is 30.3 Å². The Bertz CT molecular complexity index is 445. The van der Waals surface area contributed by atoms with E-state index in [2.05, 4.69) is 9.99 Å². The minimum atomic E-state index is -1.37. The molecule has 0 spiro atoms. The second kappa shape index (κ2) is 6.59. The van der Waals surface area contributed by atoms with Gasteiger partial charge >= 0.3 is 5.97 Å². The van der Waals surface area contributed by atoms with E-state index in [0.717, 1.165) is 0 Å². The van der Waals surface area contributed by atoms with E-state index in [0.29, 0.717) is 5.56 Å². The number of hydrogen-bond donors (Lipinski definition) is 0. The first-order valence-corrected chi connectivity index (χ1v) is 5.59. The normalized spacial score (nSPS) is 11.4. The maximum Gasteiger partial charge on any atom is 0.367 e. The Morgan fingerprint density at radius 1 is 1.18 bits per heavy atom. The van der Waals surface area contributed by atoms with Gasteiger partial charge in [-0.1, -0.05) is 58.7 Å². The summed E-state index contributed by atoms with van der Waals surface area (Å²) in [5.41, 5.74) is 0.218. The van der Waals surface area contributed by atoms with Gasteiger partial charge in [-0.15, -0.1) is 0 Å². The van der Waals surface area contributed by atoms with Crippen molar-refractivity contribution in [2.24, 2.45) is 5.16 Å². The van der Waals surface area contributed by atoms with Crippen LogP contribution in [0.25, 0.3) is 0 Å². The van der Waals surface area contributed by atoms with Gasteiger partial charge in [-0.3, -0.25) is 4.79 Å². The molecular weight excluding hydrogens is 288 g/mol. The molecule has 0 radical (unpaired) electrons. The molecule has 0 aromatic heterocycles. The lowest BCUT2D eigenvalue weighted by Crippen LogP contribution is -2.14. The number of oxime groups is 1. The van der Waals surface area contributed by atoms with Crippen LogP contribution in [0.2, 0.25) is 0 Å². The number of carbonyl (C=O) groups excluding carboxylic acids is 2. The van der Waals surface area contributed by atoms with Crippen molar-refractivity contribution in [2.75, 3.05) is 0 Å². The van der Waals surface area contributed by atoms with E-state index in [4.69, 9.17) is 34.8 Å². The van der Waals surface area contributed by atoms with Crippen LogP contribution in [-0.4, -0.2) is 21.8 Å². The number of nitrogens with zero attached hydrogens (tertiary/aromatic N) is 1. The summed E-state index contributed by atoms with van der Waals surface area (Å²) >= 11 is 15.8. The topological polar surface area (TPSA) is 55.7 Å². The van der Waals surface area contributed by atoms with Crippen molar-refractivity contribution >= 4 is 51.7 Å². The van der Waals surface area contributed by atoms with Crippen LogP contribution in [0.4, 0.5) is 0 Å². The number of rotatable bonds is 4. The lowest BCUT2D eigenvalue weighted by molar-refractivity contribution is -0.141. The summed E-state index contributed by atoms with van der Waals surface area (Å²) in [7, 11) is 0. The van der Waals surface area contributed by atoms with E-state index < -0.39 is 16.0 Å². The third kappa shape index (κ3) is 4.34. The van der Waals surface area contributed by atoms with Gasteiger partial charge in [-0.2, -0.15) is 0 Å². The first-order chi connectivity index (χ1) is 8.02. The average Bonchev–Trinajstić information content (AvgIpc) is 2.29. The van der Waals surface area contributed by atoms with E-state index >= 15 is 0 Å². The molecule has 0 bridgehead atoms. The quantitative estimate of drug-likeness (QED) is 0.282. The molecule has 0 N–H and O–H groups in total. The summed E-state index contributed by atoms with van der Waals surface area (Å²) in [5, 5.41) is 2.47. The van der Waals surface area contributed by atoms with E-state index in [1.165, 1.54) is 0 Å². The second-order valence-electron chi connectivity index (χ2n) is 2.79. The summed E-state index contributed by atoms with van der Waals surface area (Å²) in [6, 6.07) is 8.29. The van der Waals surface area contributed by atoms with Gasteiger partial charge in [0, 0.05) is 5.56 Å². The molecule has 0 aliphatic carbocycles. The molecule has 0 saturated carbocycles. The average molecular weight is 295 g/mol. The highest BCUT2D eigenvalue weighted by atomic mass is 35.5. The number of alkyl halides is 2. The summed E-state index contributed by atoms with van der Waals surface area (Å²) < 4.78 is 0. The van der Waals surface area contributed by atoms with Gasteiger partial charge in [0.05, 0.1) is 0 Å². The molecule has 90 valence electrons. The Morgan fingerprint density at radius 3 is 2.24 bits per heavy atom. The molecule has 0 atom stereocenters. The molecule has 1 rings (SSSR count).